The molecule has 2 heterocycles. The van der Waals surface area contributed by atoms with Crippen LogP contribution in [0.1, 0.15) is 50.1 Å². The van der Waals surface area contributed by atoms with Crippen LogP contribution < -0.4 is 0 Å². The molecule has 128 valence electrons. The number of hydrogen-bond acceptors (Lipinski definition) is 4. The van der Waals surface area contributed by atoms with Gasteiger partial charge in [0.05, 0.1) is 17.5 Å². The van der Waals surface area contributed by atoms with E-state index in [4.69, 9.17) is 0 Å². The zero-order valence-electron chi connectivity index (χ0n) is 13.6. The number of carbonyl (C=O) groups excluding carboxylic acids is 1. The lowest BCUT2D eigenvalue weighted by Gasteiger charge is -2.33. The van der Waals surface area contributed by atoms with E-state index < -0.39 is 9.84 Å². The summed E-state index contributed by atoms with van der Waals surface area (Å²) in [7, 11) is -3.30. The molecule has 1 aromatic heterocycles. The lowest BCUT2D eigenvalue weighted by atomic mass is 10.1. The molecule has 0 bridgehead atoms. The van der Waals surface area contributed by atoms with Gasteiger partial charge in [-0.2, -0.15) is 5.10 Å². The Hall–Kier alpha value is -1.37. The van der Waals surface area contributed by atoms with Crippen molar-refractivity contribution in [2.75, 3.05) is 18.8 Å². The zero-order chi connectivity index (χ0) is 16.4. The quantitative estimate of drug-likeness (QED) is 0.837. The van der Waals surface area contributed by atoms with E-state index in [2.05, 4.69) is 5.10 Å². The average molecular weight is 339 g/mol. The fraction of sp³-hybridized carbons (Fsp3) is 0.750. The van der Waals surface area contributed by atoms with Gasteiger partial charge in [-0.05, 0) is 38.2 Å². The summed E-state index contributed by atoms with van der Waals surface area (Å²) in [5.74, 6) is -0.576. The van der Waals surface area contributed by atoms with Crippen LogP contribution in [0.4, 0.5) is 0 Å². The summed E-state index contributed by atoms with van der Waals surface area (Å²) in [6, 6.07) is 0.149. The van der Waals surface area contributed by atoms with Gasteiger partial charge in [-0.3, -0.25) is 9.48 Å². The van der Waals surface area contributed by atoms with Crippen LogP contribution in [0, 0.1) is 6.92 Å². The third-order valence-corrected chi connectivity index (χ3v) is 7.13. The second-order valence-corrected chi connectivity index (χ2v) is 9.13. The Morgan fingerprint density at radius 2 is 2.00 bits per heavy atom. The molecular formula is C16H25N3O3S. The van der Waals surface area contributed by atoms with Gasteiger partial charge < -0.3 is 4.90 Å². The van der Waals surface area contributed by atoms with Crippen LogP contribution >= 0.6 is 0 Å². The maximum Gasteiger partial charge on any atom is 0.237 e. The summed E-state index contributed by atoms with van der Waals surface area (Å²) in [5.41, 5.74) is 1.09. The van der Waals surface area contributed by atoms with Crippen molar-refractivity contribution < 1.29 is 13.2 Å². The predicted octanol–water partition coefficient (Wildman–Crippen LogP) is 1.71. The van der Waals surface area contributed by atoms with Gasteiger partial charge in [0, 0.05) is 19.3 Å². The van der Waals surface area contributed by atoms with Gasteiger partial charge in [0.15, 0.2) is 9.84 Å². The Labute approximate surface area is 137 Å². The van der Waals surface area contributed by atoms with Gasteiger partial charge in [-0.1, -0.05) is 12.8 Å². The number of amides is 1. The Kier molecular flexibility index (Phi) is 4.75. The number of nitrogens with zero attached hydrogens (tertiary/aromatic N) is 3. The molecule has 1 saturated heterocycles. The zero-order valence-corrected chi connectivity index (χ0v) is 14.5. The van der Waals surface area contributed by atoms with Crippen LogP contribution in [-0.4, -0.2) is 53.1 Å². The fourth-order valence-electron chi connectivity index (χ4n) is 3.66. The minimum Gasteiger partial charge on any atom is -0.340 e. The van der Waals surface area contributed by atoms with Crippen molar-refractivity contribution in [3.05, 3.63) is 18.0 Å². The van der Waals surface area contributed by atoms with Gasteiger partial charge in [0.1, 0.15) is 5.75 Å². The van der Waals surface area contributed by atoms with Crippen LogP contribution in [0.15, 0.2) is 12.4 Å². The molecule has 1 aromatic rings. The Morgan fingerprint density at radius 3 is 2.65 bits per heavy atom. The second-order valence-electron chi connectivity index (χ2n) is 6.85. The molecule has 0 N–H and O–H groups in total. The van der Waals surface area contributed by atoms with Crippen molar-refractivity contribution in [2.45, 2.75) is 56.7 Å². The molecule has 1 atom stereocenters. The Balaban J connectivity index is 1.63. The topological polar surface area (TPSA) is 72.3 Å². The van der Waals surface area contributed by atoms with Crippen molar-refractivity contribution in [2.24, 2.45) is 0 Å². The van der Waals surface area contributed by atoms with E-state index >= 15 is 0 Å². The monoisotopic (exact) mass is 339 g/mol. The molecule has 0 radical (unpaired) electrons. The molecule has 7 heteroatoms. The molecule has 3 rings (SSSR count). The maximum absolute atomic E-state index is 12.5. The highest BCUT2D eigenvalue weighted by Gasteiger charge is 2.33. The number of aryl methyl sites for hydroxylation is 1. The van der Waals surface area contributed by atoms with E-state index in [1.54, 1.807) is 4.90 Å². The number of rotatable bonds is 4. The first-order chi connectivity index (χ1) is 11.0. The summed E-state index contributed by atoms with van der Waals surface area (Å²) < 4.78 is 26.7. The Morgan fingerprint density at radius 1 is 1.26 bits per heavy atom. The van der Waals surface area contributed by atoms with Crippen LogP contribution in [0.25, 0.3) is 0 Å². The summed E-state index contributed by atoms with van der Waals surface area (Å²) in [6.45, 7) is 3.19. The van der Waals surface area contributed by atoms with Crippen molar-refractivity contribution >= 4 is 15.7 Å². The van der Waals surface area contributed by atoms with Gasteiger partial charge in [0.25, 0.3) is 0 Å². The molecular weight excluding hydrogens is 314 g/mol. The number of sulfone groups is 1. The number of carbonyl (C=O) groups is 1. The lowest BCUT2D eigenvalue weighted by molar-refractivity contribution is -0.130. The Bertz CT molecular complexity index is 662. The molecule has 1 aliphatic carbocycles. The van der Waals surface area contributed by atoms with Gasteiger partial charge in [0.2, 0.25) is 5.91 Å². The maximum atomic E-state index is 12.5. The molecule has 0 spiro atoms. The van der Waals surface area contributed by atoms with Crippen LogP contribution in [0.2, 0.25) is 0 Å². The number of aromatic nitrogens is 2. The number of hydrogen-bond donors (Lipinski definition) is 0. The van der Waals surface area contributed by atoms with E-state index in [1.165, 1.54) is 0 Å². The van der Waals surface area contributed by atoms with Gasteiger partial charge in [-0.15, -0.1) is 0 Å². The SMILES string of the molecule is Cc1cnn([C@H]2CCCN(C(=O)CS(=O)(=O)C3CCCC3)C2)c1. The normalized spacial score (nSPS) is 23.3. The van der Waals surface area contributed by atoms with Crippen LogP contribution in [-0.2, 0) is 14.6 Å². The number of piperidine rings is 1. The first kappa shape index (κ1) is 16.5. The molecule has 1 aliphatic heterocycles. The third-order valence-electron chi connectivity index (χ3n) is 4.99. The molecule has 6 nitrogen and oxygen atoms in total. The molecule has 2 fully saturated rings. The summed E-state index contributed by atoms with van der Waals surface area (Å²) in [6.07, 6.45) is 9.00. The van der Waals surface area contributed by atoms with Crippen LogP contribution in [0.3, 0.4) is 0 Å². The van der Waals surface area contributed by atoms with E-state index in [1.807, 2.05) is 24.0 Å². The highest BCUT2D eigenvalue weighted by Crippen LogP contribution is 2.26. The highest BCUT2D eigenvalue weighted by atomic mass is 32.2. The number of likely N-dealkylation sites (tertiary alicyclic amines) is 1. The fourth-order valence-corrected chi connectivity index (χ4v) is 5.47. The van der Waals surface area contributed by atoms with Crippen molar-refractivity contribution in [1.29, 1.82) is 0 Å². The molecule has 2 aliphatic rings. The molecule has 0 unspecified atom stereocenters. The highest BCUT2D eigenvalue weighted by molar-refractivity contribution is 7.92. The minimum absolute atomic E-state index is 0.149. The average Bonchev–Trinajstić information content (AvgIpc) is 3.18. The second kappa shape index (κ2) is 6.63. The van der Waals surface area contributed by atoms with E-state index in [0.717, 1.165) is 31.2 Å². The van der Waals surface area contributed by atoms with E-state index in [0.29, 0.717) is 25.9 Å². The van der Waals surface area contributed by atoms with Crippen molar-refractivity contribution in [1.82, 2.24) is 14.7 Å². The summed E-state index contributed by atoms with van der Waals surface area (Å²) >= 11 is 0. The minimum atomic E-state index is -3.30. The van der Waals surface area contributed by atoms with E-state index in [-0.39, 0.29) is 23.0 Å². The van der Waals surface area contributed by atoms with Crippen LogP contribution in [0.5, 0.6) is 0 Å². The summed E-state index contributed by atoms with van der Waals surface area (Å²) in [5, 5.41) is 4.03. The standard InChI is InChI=1S/C16H25N3O3S/c1-13-9-17-19(10-13)14-5-4-8-18(11-14)16(20)12-23(21,22)15-6-2-3-7-15/h9-10,14-15H,2-8,11-12H2,1H3/t14-/m0/s1. The third kappa shape index (κ3) is 3.76. The van der Waals surface area contributed by atoms with Gasteiger partial charge in [-0.25, -0.2) is 8.42 Å². The van der Waals surface area contributed by atoms with E-state index in [9.17, 15) is 13.2 Å². The first-order valence-electron chi connectivity index (χ1n) is 8.46. The van der Waals surface area contributed by atoms with Gasteiger partial charge >= 0.3 is 0 Å². The smallest absolute Gasteiger partial charge is 0.237 e. The lowest BCUT2D eigenvalue weighted by Crippen LogP contribution is -2.44. The molecule has 1 saturated carbocycles. The largest absolute Gasteiger partial charge is 0.340 e. The predicted molar refractivity (Wildman–Crippen MR) is 87.9 cm³/mol. The molecule has 1 amide bonds. The first-order valence-corrected chi connectivity index (χ1v) is 10.2. The van der Waals surface area contributed by atoms with Crippen molar-refractivity contribution in [3.63, 3.8) is 0 Å². The molecule has 23 heavy (non-hydrogen) atoms. The molecule has 0 aromatic carbocycles. The summed E-state index contributed by atoms with van der Waals surface area (Å²) in [4.78, 5) is 14.2. The van der Waals surface area contributed by atoms with Crippen molar-refractivity contribution in [3.8, 4) is 0 Å².